The molecule has 19 heavy (non-hydrogen) atoms. The Labute approximate surface area is 109 Å². The van der Waals surface area contributed by atoms with Crippen molar-refractivity contribution in [3.05, 3.63) is 69.8 Å². The lowest BCUT2D eigenvalue weighted by Gasteiger charge is -1.96. The summed E-state index contributed by atoms with van der Waals surface area (Å²) in [7, 11) is 0. The highest BCUT2D eigenvalue weighted by atomic mass is 16.6. The van der Waals surface area contributed by atoms with Crippen molar-refractivity contribution in [3.8, 4) is 6.07 Å². The van der Waals surface area contributed by atoms with Gasteiger partial charge in [0.15, 0.2) is 0 Å². The number of hydrogen-bond acceptors (Lipinski definition) is 4. The van der Waals surface area contributed by atoms with Gasteiger partial charge >= 0.3 is 0 Å². The maximum atomic E-state index is 10.8. The van der Waals surface area contributed by atoms with Gasteiger partial charge < -0.3 is 0 Å². The van der Waals surface area contributed by atoms with Crippen molar-refractivity contribution in [1.29, 1.82) is 5.26 Å². The van der Waals surface area contributed by atoms with Crippen molar-refractivity contribution < 1.29 is 4.92 Å². The monoisotopic (exact) mass is 251 g/mol. The normalized spacial score (nSPS) is 10.3. The smallest absolute Gasteiger partial charge is 0.258 e. The van der Waals surface area contributed by atoms with Crippen LogP contribution in [0, 0.1) is 21.4 Å². The highest BCUT2D eigenvalue weighted by molar-refractivity contribution is 5.83. The first-order valence-electron chi connectivity index (χ1n) is 5.48. The number of hydrogen-bond donors (Lipinski definition) is 0. The molecule has 0 spiro atoms. The Morgan fingerprint density at radius 2 is 1.84 bits per heavy atom. The van der Waals surface area contributed by atoms with Crippen LogP contribution in [0.3, 0.4) is 0 Å². The van der Waals surface area contributed by atoms with Gasteiger partial charge in [0, 0.05) is 12.3 Å². The van der Waals surface area contributed by atoms with E-state index in [1.807, 2.05) is 6.07 Å². The largest absolute Gasteiger partial charge is 0.294 e. The zero-order chi connectivity index (χ0) is 13.7. The van der Waals surface area contributed by atoms with Gasteiger partial charge in [-0.1, -0.05) is 24.3 Å². The van der Waals surface area contributed by atoms with Gasteiger partial charge in [0.2, 0.25) is 0 Å². The van der Waals surface area contributed by atoms with Gasteiger partial charge in [-0.25, -0.2) is 4.99 Å². The van der Waals surface area contributed by atoms with Crippen LogP contribution in [0.5, 0.6) is 0 Å². The molecule has 2 aromatic rings. The zero-order valence-electron chi connectivity index (χ0n) is 9.85. The molecule has 2 rings (SSSR count). The minimum absolute atomic E-state index is 0.0348. The predicted molar refractivity (Wildman–Crippen MR) is 71.5 cm³/mol. The van der Waals surface area contributed by atoms with Crippen molar-refractivity contribution in [2.75, 3.05) is 0 Å². The maximum absolute atomic E-state index is 10.8. The van der Waals surface area contributed by atoms with Crippen molar-refractivity contribution in [3.63, 3.8) is 0 Å². The van der Waals surface area contributed by atoms with E-state index < -0.39 is 4.92 Å². The Hall–Kier alpha value is -3.00. The molecule has 5 heteroatoms. The Balaban J connectivity index is 2.27. The molecule has 0 aliphatic carbocycles. The lowest BCUT2D eigenvalue weighted by molar-refractivity contribution is -0.384. The van der Waals surface area contributed by atoms with Crippen LogP contribution >= 0.6 is 0 Å². The van der Waals surface area contributed by atoms with Gasteiger partial charge in [-0.05, 0) is 23.8 Å². The fraction of sp³-hybridized carbons (Fsp3) is 0. The second kappa shape index (κ2) is 5.56. The third-order valence-corrected chi connectivity index (χ3v) is 2.47. The minimum atomic E-state index is -0.467. The fourth-order valence-electron chi connectivity index (χ4n) is 1.52. The summed E-state index contributed by atoms with van der Waals surface area (Å²) < 4.78 is 0. The van der Waals surface area contributed by atoms with Gasteiger partial charge in [0.25, 0.3) is 5.69 Å². The highest BCUT2D eigenvalue weighted by Gasteiger charge is 2.10. The molecule has 0 fully saturated rings. The van der Waals surface area contributed by atoms with E-state index in [0.29, 0.717) is 11.3 Å². The Kier molecular flexibility index (Phi) is 3.64. The van der Waals surface area contributed by atoms with E-state index >= 15 is 0 Å². The summed E-state index contributed by atoms with van der Waals surface area (Å²) >= 11 is 0. The summed E-state index contributed by atoms with van der Waals surface area (Å²) in [6.07, 6.45) is 1.53. The number of nitrogens with zero attached hydrogens (tertiary/aromatic N) is 3. The number of nitriles is 1. The van der Waals surface area contributed by atoms with Crippen LogP contribution in [-0.4, -0.2) is 11.1 Å². The first-order valence-corrected chi connectivity index (χ1v) is 5.48. The fourth-order valence-corrected chi connectivity index (χ4v) is 1.52. The van der Waals surface area contributed by atoms with Crippen LogP contribution in [0.25, 0.3) is 0 Å². The number of para-hydroxylation sites is 2. The molecular formula is C14H9N3O2. The van der Waals surface area contributed by atoms with Crippen LogP contribution in [-0.2, 0) is 0 Å². The molecule has 0 unspecified atom stereocenters. The summed E-state index contributed by atoms with van der Waals surface area (Å²) in [5.74, 6) is 0. The standard InChI is InChI=1S/C14H9N3O2/c15-9-11-5-7-12(8-6-11)10-16-13-3-1-2-4-14(13)17(18)19/h1-8,10H. The third kappa shape index (κ3) is 3.01. The quantitative estimate of drug-likeness (QED) is 0.477. The van der Waals surface area contributed by atoms with E-state index in [9.17, 15) is 10.1 Å². The highest BCUT2D eigenvalue weighted by Crippen LogP contribution is 2.25. The lowest BCUT2D eigenvalue weighted by atomic mass is 10.2. The molecule has 0 aliphatic heterocycles. The van der Waals surface area contributed by atoms with Crippen LogP contribution in [0.15, 0.2) is 53.5 Å². The number of benzene rings is 2. The summed E-state index contributed by atoms with van der Waals surface area (Å²) in [6.45, 7) is 0. The molecule has 0 radical (unpaired) electrons. The number of aliphatic imine (C=N–C) groups is 1. The van der Waals surface area contributed by atoms with Crippen LogP contribution in [0.4, 0.5) is 11.4 Å². The van der Waals surface area contributed by atoms with Crippen molar-refractivity contribution in [1.82, 2.24) is 0 Å². The predicted octanol–water partition coefficient (Wildman–Crippen LogP) is 3.22. The van der Waals surface area contributed by atoms with Crippen molar-refractivity contribution in [2.24, 2.45) is 4.99 Å². The molecule has 0 saturated carbocycles. The van der Waals surface area contributed by atoms with Gasteiger partial charge in [0.05, 0.1) is 16.6 Å². The third-order valence-electron chi connectivity index (χ3n) is 2.47. The molecule has 0 N–H and O–H groups in total. The minimum Gasteiger partial charge on any atom is -0.258 e. The van der Waals surface area contributed by atoms with E-state index in [1.54, 1.807) is 42.5 Å². The molecule has 0 bridgehead atoms. The van der Waals surface area contributed by atoms with Gasteiger partial charge in [-0.2, -0.15) is 5.26 Å². The molecule has 0 amide bonds. The first-order chi connectivity index (χ1) is 9.20. The van der Waals surface area contributed by atoms with Crippen molar-refractivity contribution in [2.45, 2.75) is 0 Å². The first kappa shape index (κ1) is 12.5. The van der Waals surface area contributed by atoms with E-state index in [-0.39, 0.29) is 5.69 Å². The number of rotatable bonds is 3. The molecule has 5 nitrogen and oxygen atoms in total. The average molecular weight is 251 g/mol. The van der Waals surface area contributed by atoms with E-state index in [1.165, 1.54) is 12.3 Å². The number of nitro groups is 1. The SMILES string of the molecule is N#Cc1ccc(C=Nc2ccccc2[N+](=O)[O-])cc1. The Morgan fingerprint density at radius 3 is 2.47 bits per heavy atom. The number of nitro benzene ring substituents is 1. The summed E-state index contributed by atoms with van der Waals surface area (Å²) in [4.78, 5) is 14.4. The molecule has 0 heterocycles. The van der Waals surface area contributed by atoms with Gasteiger partial charge in [0.1, 0.15) is 5.69 Å². The Bertz CT molecular complexity index is 670. The topological polar surface area (TPSA) is 79.3 Å². The van der Waals surface area contributed by atoms with Crippen LogP contribution in [0.2, 0.25) is 0 Å². The van der Waals surface area contributed by atoms with E-state index in [2.05, 4.69) is 4.99 Å². The molecule has 2 aromatic carbocycles. The van der Waals surface area contributed by atoms with Crippen LogP contribution < -0.4 is 0 Å². The molecular weight excluding hydrogens is 242 g/mol. The van der Waals surface area contributed by atoms with Crippen molar-refractivity contribution >= 4 is 17.6 Å². The molecule has 0 saturated heterocycles. The van der Waals surface area contributed by atoms with E-state index in [0.717, 1.165) is 5.56 Å². The van der Waals surface area contributed by atoms with Crippen LogP contribution in [0.1, 0.15) is 11.1 Å². The molecule has 0 aromatic heterocycles. The molecule has 0 atom stereocenters. The molecule has 0 aliphatic rings. The maximum Gasteiger partial charge on any atom is 0.294 e. The second-order valence-corrected chi connectivity index (χ2v) is 3.74. The summed E-state index contributed by atoms with van der Waals surface area (Å²) in [5.41, 5.74) is 1.60. The van der Waals surface area contributed by atoms with Gasteiger partial charge in [-0.15, -0.1) is 0 Å². The summed E-state index contributed by atoms with van der Waals surface area (Å²) in [5, 5.41) is 19.5. The lowest BCUT2D eigenvalue weighted by Crippen LogP contribution is -1.88. The van der Waals surface area contributed by atoms with Gasteiger partial charge in [-0.3, -0.25) is 10.1 Å². The Morgan fingerprint density at radius 1 is 1.16 bits per heavy atom. The molecule has 92 valence electrons. The average Bonchev–Trinajstić information content (AvgIpc) is 2.46. The summed E-state index contributed by atoms with van der Waals surface area (Å²) in [6, 6.07) is 15.1. The second-order valence-electron chi connectivity index (χ2n) is 3.74. The zero-order valence-corrected chi connectivity index (χ0v) is 9.85. The van der Waals surface area contributed by atoms with E-state index in [4.69, 9.17) is 5.26 Å².